The first kappa shape index (κ1) is 11.7. The van der Waals surface area contributed by atoms with Crippen molar-refractivity contribution in [3.8, 4) is 0 Å². The molecule has 92 valence electrons. The number of hydrogen-bond acceptors (Lipinski definition) is 6. The van der Waals surface area contributed by atoms with Crippen LogP contribution >= 0.6 is 0 Å². The van der Waals surface area contributed by atoms with E-state index in [-0.39, 0.29) is 0 Å². The summed E-state index contributed by atoms with van der Waals surface area (Å²) in [5.74, 6) is 0.846. The quantitative estimate of drug-likeness (QED) is 0.696. The lowest BCUT2D eigenvalue weighted by Gasteiger charge is -2.22. The largest absolute Gasteiger partial charge is 0.353 e. The Labute approximate surface area is 99.4 Å². The second-order valence-electron chi connectivity index (χ2n) is 3.77. The minimum atomic E-state index is 0.561. The lowest BCUT2D eigenvalue weighted by Crippen LogP contribution is -2.34. The standard InChI is InChI=1S/C10H17N7/c1-16-9-8(6-15-16)10(14-7-13-9)17(4-2-11)5-3-12/h6-7H,2-5,11-12H2,1H3. The number of nitrogens with zero attached hydrogens (tertiary/aromatic N) is 5. The van der Waals surface area contributed by atoms with Crippen LogP contribution in [0, 0.1) is 0 Å². The van der Waals surface area contributed by atoms with Crippen LogP contribution in [0.4, 0.5) is 5.82 Å². The van der Waals surface area contributed by atoms with E-state index in [2.05, 4.69) is 20.0 Å². The minimum Gasteiger partial charge on any atom is -0.353 e. The van der Waals surface area contributed by atoms with E-state index in [1.807, 2.05) is 7.05 Å². The van der Waals surface area contributed by atoms with Gasteiger partial charge in [-0.2, -0.15) is 5.10 Å². The number of nitrogens with two attached hydrogens (primary N) is 2. The van der Waals surface area contributed by atoms with Crippen LogP contribution in [0.5, 0.6) is 0 Å². The fraction of sp³-hybridized carbons (Fsp3) is 0.500. The summed E-state index contributed by atoms with van der Waals surface area (Å²) in [6.45, 7) is 2.56. The van der Waals surface area contributed by atoms with Crippen molar-refractivity contribution in [1.29, 1.82) is 0 Å². The maximum Gasteiger partial charge on any atom is 0.163 e. The number of aryl methyl sites for hydroxylation is 1. The molecular formula is C10H17N7. The van der Waals surface area contributed by atoms with Crippen molar-refractivity contribution in [3.63, 3.8) is 0 Å². The summed E-state index contributed by atoms with van der Waals surface area (Å²) in [6, 6.07) is 0. The minimum absolute atomic E-state index is 0.561. The number of aromatic nitrogens is 4. The Morgan fingerprint density at radius 1 is 1.24 bits per heavy atom. The first-order valence-corrected chi connectivity index (χ1v) is 5.55. The number of anilines is 1. The van der Waals surface area contributed by atoms with E-state index in [1.165, 1.54) is 0 Å². The zero-order chi connectivity index (χ0) is 12.3. The number of rotatable bonds is 5. The molecule has 0 saturated carbocycles. The van der Waals surface area contributed by atoms with Crippen LogP contribution in [0.2, 0.25) is 0 Å². The lowest BCUT2D eigenvalue weighted by molar-refractivity contribution is 0.769. The molecule has 0 fully saturated rings. The lowest BCUT2D eigenvalue weighted by atomic mass is 10.3. The molecule has 2 heterocycles. The summed E-state index contributed by atoms with van der Waals surface area (Å²) >= 11 is 0. The fourth-order valence-corrected chi connectivity index (χ4v) is 1.84. The summed E-state index contributed by atoms with van der Waals surface area (Å²) in [7, 11) is 1.86. The van der Waals surface area contributed by atoms with Crippen molar-refractivity contribution in [1.82, 2.24) is 19.7 Å². The number of hydrogen-bond donors (Lipinski definition) is 2. The summed E-state index contributed by atoms with van der Waals surface area (Å²) in [5, 5.41) is 5.11. The van der Waals surface area contributed by atoms with Crippen LogP contribution in [-0.4, -0.2) is 45.9 Å². The molecule has 0 spiro atoms. The molecule has 0 aliphatic rings. The van der Waals surface area contributed by atoms with Gasteiger partial charge in [-0.3, -0.25) is 4.68 Å². The Morgan fingerprint density at radius 3 is 2.59 bits per heavy atom. The zero-order valence-corrected chi connectivity index (χ0v) is 9.87. The van der Waals surface area contributed by atoms with E-state index < -0.39 is 0 Å². The molecule has 2 aromatic rings. The Morgan fingerprint density at radius 2 is 1.94 bits per heavy atom. The zero-order valence-electron chi connectivity index (χ0n) is 9.87. The fourth-order valence-electron chi connectivity index (χ4n) is 1.84. The van der Waals surface area contributed by atoms with Gasteiger partial charge in [-0.25, -0.2) is 9.97 Å². The molecule has 0 bridgehead atoms. The molecule has 7 heteroatoms. The van der Waals surface area contributed by atoms with Crippen molar-refractivity contribution in [2.75, 3.05) is 31.1 Å². The summed E-state index contributed by atoms with van der Waals surface area (Å²) in [6.07, 6.45) is 3.31. The Kier molecular flexibility index (Phi) is 3.50. The SMILES string of the molecule is Cn1ncc2c(N(CCN)CCN)ncnc21. The predicted molar refractivity (Wildman–Crippen MR) is 66.6 cm³/mol. The highest BCUT2D eigenvalue weighted by Crippen LogP contribution is 2.21. The van der Waals surface area contributed by atoms with Crippen LogP contribution in [0.3, 0.4) is 0 Å². The summed E-state index contributed by atoms with van der Waals surface area (Å²) < 4.78 is 1.73. The first-order valence-electron chi connectivity index (χ1n) is 5.55. The van der Waals surface area contributed by atoms with Crippen molar-refractivity contribution in [3.05, 3.63) is 12.5 Å². The highest BCUT2D eigenvalue weighted by molar-refractivity contribution is 5.86. The van der Waals surface area contributed by atoms with E-state index in [1.54, 1.807) is 17.2 Å². The highest BCUT2D eigenvalue weighted by atomic mass is 15.3. The van der Waals surface area contributed by atoms with Gasteiger partial charge >= 0.3 is 0 Å². The van der Waals surface area contributed by atoms with Gasteiger partial charge in [0, 0.05) is 33.2 Å². The van der Waals surface area contributed by atoms with Gasteiger partial charge in [-0.05, 0) is 0 Å². The molecule has 7 nitrogen and oxygen atoms in total. The molecule has 17 heavy (non-hydrogen) atoms. The molecule has 0 radical (unpaired) electrons. The van der Waals surface area contributed by atoms with Gasteiger partial charge in [0.1, 0.15) is 12.1 Å². The molecule has 0 atom stereocenters. The maximum atomic E-state index is 5.60. The van der Waals surface area contributed by atoms with Crippen molar-refractivity contribution < 1.29 is 0 Å². The van der Waals surface area contributed by atoms with Gasteiger partial charge in [0.25, 0.3) is 0 Å². The molecule has 2 aromatic heterocycles. The molecule has 0 amide bonds. The van der Waals surface area contributed by atoms with Crippen LogP contribution < -0.4 is 16.4 Å². The van der Waals surface area contributed by atoms with Gasteiger partial charge in [-0.15, -0.1) is 0 Å². The Bertz CT molecular complexity index is 486. The average Bonchev–Trinajstić information content (AvgIpc) is 2.71. The smallest absolute Gasteiger partial charge is 0.163 e. The van der Waals surface area contributed by atoms with E-state index >= 15 is 0 Å². The van der Waals surface area contributed by atoms with Gasteiger partial charge in [0.2, 0.25) is 0 Å². The van der Waals surface area contributed by atoms with Crippen LogP contribution in [0.1, 0.15) is 0 Å². The topological polar surface area (TPSA) is 98.9 Å². The van der Waals surface area contributed by atoms with Gasteiger partial charge < -0.3 is 16.4 Å². The average molecular weight is 235 g/mol. The van der Waals surface area contributed by atoms with E-state index in [9.17, 15) is 0 Å². The molecule has 0 unspecified atom stereocenters. The van der Waals surface area contributed by atoms with Crippen LogP contribution in [0.25, 0.3) is 11.0 Å². The highest BCUT2D eigenvalue weighted by Gasteiger charge is 2.13. The molecule has 0 saturated heterocycles. The third kappa shape index (κ3) is 2.20. The molecule has 0 aromatic carbocycles. The summed E-state index contributed by atoms with van der Waals surface area (Å²) in [5.41, 5.74) is 12.0. The monoisotopic (exact) mass is 235 g/mol. The Balaban J connectivity index is 2.44. The van der Waals surface area contributed by atoms with Crippen LogP contribution in [-0.2, 0) is 7.05 Å². The second kappa shape index (κ2) is 5.07. The van der Waals surface area contributed by atoms with Crippen molar-refractivity contribution >= 4 is 16.9 Å². The van der Waals surface area contributed by atoms with E-state index in [0.29, 0.717) is 13.1 Å². The third-order valence-electron chi connectivity index (χ3n) is 2.61. The van der Waals surface area contributed by atoms with E-state index in [0.717, 1.165) is 29.9 Å². The van der Waals surface area contributed by atoms with Crippen molar-refractivity contribution in [2.24, 2.45) is 18.5 Å². The molecule has 4 N–H and O–H groups in total. The van der Waals surface area contributed by atoms with Crippen LogP contribution in [0.15, 0.2) is 12.5 Å². The normalized spacial score (nSPS) is 11.0. The molecule has 2 rings (SSSR count). The first-order chi connectivity index (χ1) is 8.27. The van der Waals surface area contributed by atoms with E-state index in [4.69, 9.17) is 11.5 Å². The second-order valence-corrected chi connectivity index (χ2v) is 3.77. The molecular weight excluding hydrogens is 218 g/mol. The predicted octanol–water partition coefficient (Wildman–Crippen LogP) is -0.913. The Hall–Kier alpha value is -1.73. The van der Waals surface area contributed by atoms with Gasteiger partial charge in [0.15, 0.2) is 5.65 Å². The molecule has 0 aliphatic carbocycles. The third-order valence-corrected chi connectivity index (χ3v) is 2.61. The maximum absolute atomic E-state index is 5.60. The summed E-state index contributed by atoms with van der Waals surface area (Å²) in [4.78, 5) is 10.6. The van der Waals surface area contributed by atoms with Gasteiger partial charge in [0.05, 0.1) is 11.6 Å². The number of fused-ring (bicyclic) bond motifs is 1. The van der Waals surface area contributed by atoms with Crippen molar-refractivity contribution in [2.45, 2.75) is 0 Å². The van der Waals surface area contributed by atoms with Gasteiger partial charge in [-0.1, -0.05) is 0 Å². The molecule has 0 aliphatic heterocycles.